The lowest BCUT2D eigenvalue weighted by Gasteiger charge is -2.11. The van der Waals surface area contributed by atoms with Crippen LogP contribution in [0.2, 0.25) is 0 Å². The van der Waals surface area contributed by atoms with Gasteiger partial charge in [0.2, 0.25) is 5.91 Å². The molecule has 24 heavy (non-hydrogen) atoms. The number of hydrogen-bond acceptors (Lipinski definition) is 5. The Labute approximate surface area is 140 Å². The molecular weight excluding hydrogens is 332 g/mol. The average Bonchev–Trinajstić information content (AvgIpc) is 3.15. The molecule has 7 nitrogen and oxygen atoms in total. The molecule has 2 amide bonds. The zero-order valence-corrected chi connectivity index (χ0v) is 14.0. The van der Waals surface area contributed by atoms with E-state index in [-0.39, 0.29) is 24.5 Å². The molecule has 0 aromatic heterocycles. The van der Waals surface area contributed by atoms with Crippen LogP contribution in [0.5, 0.6) is 5.75 Å². The molecule has 130 valence electrons. The molecule has 1 aromatic carbocycles. The van der Waals surface area contributed by atoms with E-state index in [2.05, 4.69) is 10.9 Å². The van der Waals surface area contributed by atoms with Gasteiger partial charge in [-0.1, -0.05) is 6.07 Å². The van der Waals surface area contributed by atoms with Gasteiger partial charge in [0.25, 0.3) is 5.91 Å². The number of amides is 2. The molecule has 0 radical (unpaired) electrons. The number of aryl methyl sites for hydroxylation is 2. The van der Waals surface area contributed by atoms with Crippen LogP contribution in [-0.2, 0) is 32.3 Å². The van der Waals surface area contributed by atoms with Gasteiger partial charge < -0.3 is 4.74 Å². The van der Waals surface area contributed by atoms with Gasteiger partial charge in [0, 0.05) is 0 Å². The highest BCUT2D eigenvalue weighted by Gasteiger charge is 2.33. The molecule has 1 fully saturated rings. The molecule has 1 aliphatic carbocycles. The van der Waals surface area contributed by atoms with Crippen molar-refractivity contribution in [3.8, 4) is 5.75 Å². The lowest BCUT2D eigenvalue weighted by molar-refractivity contribution is -0.131. The normalized spacial score (nSPS) is 21.1. The summed E-state index contributed by atoms with van der Waals surface area (Å²) in [6.07, 6.45) is 3.54. The predicted octanol–water partition coefficient (Wildman–Crippen LogP) is 0.136. The second-order valence-electron chi connectivity index (χ2n) is 6.21. The second kappa shape index (κ2) is 6.80. The van der Waals surface area contributed by atoms with E-state index in [4.69, 9.17) is 4.74 Å². The van der Waals surface area contributed by atoms with E-state index in [0.717, 1.165) is 19.3 Å². The first-order valence-corrected chi connectivity index (χ1v) is 9.79. The summed E-state index contributed by atoms with van der Waals surface area (Å²) in [6, 6.07) is 5.79. The summed E-state index contributed by atoms with van der Waals surface area (Å²) in [5.41, 5.74) is 7.09. The van der Waals surface area contributed by atoms with Crippen LogP contribution >= 0.6 is 0 Å². The van der Waals surface area contributed by atoms with Crippen LogP contribution in [0.1, 0.15) is 24.0 Å². The molecule has 1 atom stereocenters. The highest BCUT2D eigenvalue weighted by Crippen LogP contribution is 2.25. The van der Waals surface area contributed by atoms with Crippen LogP contribution < -0.4 is 15.6 Å². The monoisotopic (exact) mass is 352 g/mol. The Balaban J connectivity index is 1.42. The summed E-state index contributed by atoms with van der Waals surface area (Å²) in [5, 5.41) is 0. The van der Waals surface area contributed by atoms with Crippen molar-refractivity contribution in [2.75, 3.05) is 18.1 Å². The lowest BCUT2D eigenvalue weighted by atomic mass is 10.1. The number of rotatable bonds is 4. The Morgan fingerprint density at radius 1 is 1.17 bits per heavy atom. The molecule has 0 unspecified atom stereocenters. The third-order valence-electron chi connectivity index (χ3n) is 4.37. The number of hydrazine groups is 1. The number of carbonyl (C=O) groups is 2. The van der Waals surface area contributed by atoms with E-state index in [1.165, 1.54) is 11.1 Å². The molecule has 1 saturated heterocycles. The van der Waals surface area contributed by atoms with Gasteiger partial charge in [-0.2, -0.15) is 0 Å². The standard InChI is InChI=1S/C16H20N2O5S/c19-15(17-18-16(20)13-6-7-24(21,22)10-13)9-23-14-5-4-11-2-1-3-12(11)8-14/h4-5,8,13H,1-3,6-7,9-10H2,(H,17,19)(H,18,20)/t13-/m1/s1. The van der Waals surface area contributed by atoms with Crippen molar-refractivity contribution in [3.63, 3.8) is 0 Å². The first kappa shape index (κ1) is 16.8. The maximum atomic E-state index is 11.8. The van der Waals surface area contributed by atoms with Crippen molar-refractivity contribution >= 4 is 21.7 Å². The first-order valence-electron chi connectivity index (χ1n) is 7.97. The Kier molecular flexibility index (Phi) is 4.75. The molecule has 8 heteroatoms. The summed E-state index contributed by atoms with van der Waals surface area (Å²) < 4.78 is 28.1. The van der Waals surface area contributed by atoms with Crippen molar-refractivity contribution in [1.82, 2.24) is 10.9 Å². The van der Waals surface area contributed by atoms with E-state index in [1.54, 1.807) is 0 Å². The largest absolute Gasteiger partial charge is 0.484 e. The van der Waals surface area contributed by atoms with Crippen molar-refractivity contribution in [2.24, 2.45) is 5.92 Å². The van der Waals surface area contributed by atoms with E-state index in [9.17, 15) is 18.0 Å². The van der Waals surface area contributed by atoms with Gasteiger partial charge in [-0.05, 0) is 48.9 Å². The molecule has 1 aliphatic heterocycles. The van der Waals surface area contributed by atoms with Crippen LogP contribution in [0.25, 0.3) is 0 Å². The van der Waals surface area contributed by atoms with E-state index < -0.39 is 27.6 Å². The predicted molar refractivity (Wildman–Crippen MR) is 87.0 cm³/mol. The van der Waals surface area contributed by atoms with Crippen LogP contribution in [0.15, 0.2) is 18.2 Å². The molecule has 0 saturated carbocycles. The topological polar surface area (TPSA) is 102 Å². The quantitative estimate of drug-likeness (QED) is 0.751. The highest BCUT2D eigenvalue weighted by molar-refractivity contribution is 7.91. The van der Waals surface area contributed by atoms with Crippen molar-refractivity contribution < 1.29 is 22.7 Å². The summed E-state index contributed by atoms with van der Waals surface area (Å²) in [6.45, 7) is -0.220. The van der Waals surface area contributed by atoms with Gasteiger partial charge in [0.15, 0.2) is 16.4 Å². The fourth-order valence-corrected chi connectivity index (χ4v) is 4.80. The Morgan fingerprint density at radius 3 is 2.71 bits per heavy atom. The van der Waals surface area contributed by atoms with E-state index in [1.807, 2.05) is 18.2 Å². The maximum absolute atomic E-state index is 11.8. The van der Waals surface area contributed by atoms with Crippen molar-refractivity contribution in [2.45, 2.75) is 25.7 Å². The highest BCUT2D eigenvalue weighted by atomic mass is 32.2. The smallest absolute Gasteiger partial charge is 0.276 e. The fourth-order valence-electron chi connectivity index (χ4n) is 3.06. The fraction of sp³-hybridized carbons (Fsp3) is 0.500. The number of benzene rings is 1. The zero-order valence-electron chi connectivity index (χ0n) is 13.2. The molecule has 0 spiro atoms. The van der Waals surface area contributed by atoms with Crippen LogP contribution in [0.3, 0.4) is 0 Å². The molecule has 1 heterocycles. The summed E-state index contributed by atoms with van der Waals surface area (Å²) in [7, 11) is -3.13. The Hall–Kier alpha value is -2.09. The van der Waals surface area contributed by atoms with Gasteiger partial charge in [-0.3, -0.25) is 20.4 Å². The molecule has 2 N–H and O–H groups in total. The Bertz CT molecular complexity index is 760. The Morgan fingerprint density at radius 2 is 1.96 bits per heavy atom. The third kappa shape index (κ3) is 4.05. The number of sulfone groups is 1. The molecule has 3 rings (SSSR count). The first-order chi connectivity index (χ1) is 11.4. The lowest BCUT2D eigenvalue weighted by Crippen LogP contribution is -2.46. The molecule has 2 aliphatic rings. The number of fused-ring (bicyclic) bond motifs is 1. The van der Waals surface area contributed by atoms with E-state index in [0.29, 0.717) is 5.75 Å². The minimum atomic E-state index is -3.13. The minimum Gasteiger partial charge on any atom is -0.484 e. The van der Waals surface area contributed by atoms with Gasteiger partial charge in [-0.25, -0.2) is 8.42 Å². The second-order valence-corrected chi connectivity index (χ2v) is 8.44. The van der Waals surface area contributed by atoms with Gasteiger partial charge in [0.05, 0.1) is 17.4 Å². The minimum absolute atomic E-state index is 0.0144. The number of carbonyl (C=O) groups excluding carboxylic acids is 2. The summed E-state index contributed by atoms with van der Waals surface area (Å²) in [5.74, 6) is -1.11. The van der Waals surface area contributed by atoms with E-state index >= 15 is 0 Å². The molecular formula is C16H20N2O5S. The average molecular weight is 352 g/mol. The number of ether oxygens (including phenoxy) is 1. The van der Waals surface area contributed by atoms with Crippen LogP contribution in [0.4, 0.5) is 0 Å². The third-order valence-corrected chi connectivity index (χ3v) is 6.14. The molecule has 0 bridgehead atoms. The summed E-state index contributed by atoms with van der Waals surface area (Å²) >= 11 is 0. The van der Waals surface area contributed by atoms with Crippen molar-refractivity contribution in [1.29, 1.82) is 0 Å². The van der Waals surface area contributed by atoms with Gasteiger partial charge >= 0.3 is 0 Å². The van der Waals surface area contributed by atoms with Gasteiger partial charge in [-0.15, -0.1) is 0 Å². The molecule has 1 aromatic rings. The summed E-state index contributed by atoms with van der Waals surface area (Å²) in [4.78, 5) is 23.5. The SMILES string of the molecule is O=C(COc1ccc2c(c1)CCC2)NNC(=O)[C@@H]1CCS(=O)(=O)C1. The zero-order chi connectivity index (χ0) is 17.2. The van der Waals surface area contributed by atoms with Crippen molar-refractivity contribution in [3.05, 3.63) is 29.3 Å². The maximum Gasteiger partial charge on any atom is 0.276 e. The van der Waals surface area contributed by atoms with Crippen LogP contribution in [-0.4, -0.2) is 38.3 Å². The number of nitrogens with one attached hydrogen (secondary N) is 2. The number of hydrogen-bond donors (Lipinski definition) is 2. The van der Waals surface area contributed by atoms with Crippen LogP contribution in [0, 0.1) is 5.92 Å². The van der Waals surface area contributed by atoms with Gasteiger partial charge in [0.1, 0.15) is 5.75 Å².